The van der Waals surface area contributed by atoms with Crippen LogP contribution in [-0.4, -0.2) is 42.9 Å². The Bertz CT molecular complexity index is 611. The lowest BCUT2D eigenvalue weighted by Gasteiger charge is -2.31. The summed E-state index contributed by atoms with van der Waals surface area (Å²) < 4.78 is 37.5. The number of alkyl halides is 3. The van der Waals surface area contributed by atoms with Gasteiger partial charge in [-0.2, -0.15) is 13.2 Å². The van der Waals surface area contributed by atoms with Gasteiger partial charge in [0.05, 0.1) is 12.1 Å². The second-order valence-electron chi connectivity index (χ2n) is 6.24. The fraction of sp³-hybridized carbons (Fsp3) is 0.529. The second kappa shape index (κ2) is 9.98. The van der Waals surface area contributed by atoms with E-state index in [4.69, 9.17) is 5.73 Å². The smallest absolute Gasteiger partial charge is 0.370 e. The minimum Gasteiger partial charge on any atom is -0.370 e. The molecule has 0 unspecified atom stereocenters. The average Bonchev–Trinajstić information content (AvgIpc) is 2.58. The van der Waals surface area contributed by atoms with Crippen LogP contribution in [0.1, 0.15) is 35.7 Å². The Balaban J connectivity index is 0.00000338. The molecule has 1 fully saturated rings. The maximum Gasteiger partial charge on any atom is 0.416 e. The summed E-state index contributed by atoms with van der Waals surface area (Å²) in [4.78, 5) is 18.2. The van der Waals surface area contributed by atoms with Crippen molar-refractivity contribution in [2.24, 2.45) is 16.6 Å². The lowest BCUT2D eigenvalue weighted by Crippen LogP contribution is -2.42. The molecule has 1 aliphatic rings. The molecule has 0 radical (unpaired) electrons. The van der Waals surface area contributed by atoms with Crippen molar-refractivity contribution in [2.45, 2.75) is 25.9 Å². The van der Waals surface area contributed by atoms with Crippen molar-refractivity contribution in [3.63, 3.8) is 0 Å². The molecule has 2 rings (SSSR count). The van der Waals surface area contributed by atoms with E-state index in [9.17, 15) is 18.0 Å². The summed E-state index contributed by atoms with van der Waals surface area (Å²) in [6, 6.07) is 4.10. The molecular weight excluding hydrogens is 460 g/mol. The number of rotatable bonds is 4. The van der Waals surface area contributed by atoms with Crippen molar-refractivity contribution in [2.75, 3.05) is 26.2 Å². The lowest BCUT2D eigenvalue weighted by molar-refractivity contribution is -0.137. The molecule has 0 aliphatic carbocycles. The largest absolute Gasteiger partial charge is 0.416 e. The molecule has 0 saturated carbocycles. The molecule has 0 spiro atoms. The van der Waals surface area contributed by atoms with Crippen LogP contribution in [0.4, 0.5) is 13.2 Å². The molecule has 1 saturated heterocycles. The Morgan fingerprint density at radius 1 is 1.27 bits per heavy atom. The van der Waals surface area contributed by atoms with E-state index >= 15 is 0 Å². The van der Waals surface area contributed by atoms with Crippen LogP contribution < -0.4 is 11.1 Å². The van der Waals surface area contributed by atoms with Crippen LogP contribution >= 0.6 is 24.0 Å². The van der Waals surface area contributed by atoms with E-state index in [1.54, 1.807) is 0 Å². The molecule has 1 aromatic rings. The van der Waals surface area contributed by atoms with E-state index in [-0.39, 0.29) is 36.1 Å². The minimum absolute atomic E-state index is 0. The van der Waals surface area contributed by atoms with E-state index in [1.807, 2.05) is 4.90 Å². The Labute approximate surface area is 168 Å². The second-order valence-corrected chi connectivity index (χ2v) is 6.24. The van der Waals surface area contributed by atoms with Gasteiger partial charge in [0, 0.05) is 25.2 Å². The van der Waals surface area contributed by atoms with Crippen molar-refractivity contribution >= 4 is 35.8 Å². The van der Waals surface area contributed by atoms with Gasteiger partial charge < -0.3 is 16.0 Å². The van der Waals surface area contributed by atoms with Crippen LogP contribution in [0.3, 0.4) is 0 Å². The summed E-state index contributed by atoms with van der Waals surface area (Å²) in [5.74, 6) is 0.733. The SMILES string of the molecule is CC1CCN(C(N)=NCCNC(=O)c2ccc(C(F)(F)F)cc2)CC1.I. The number of hydrogen-bond acceptors (Lipinski definition) is 2. The van der Waals surface area contributed by atoms with Crippen molar-refractivity contribution < 1.29 is 18.0 Å². The van der Waals surface area contributed by atoms with Crippen LogP contribution in [0, 0.1) is 5.92 Å². The maximum absolute atomic E-state index is 12.5. The first-order valence-corrected chi connectivity index (χ1v) is 8.27. The van der Waals surface area contributed by atoms with Crippen molar-refractivity contribution in [1.29, 1.82) is 0 Å². The Morgan fingerprint density at radius 3 is 2.38 bits per heavy atom. The number of amides is 1. The number of nitrogens with one attached hydrogen (secondary N) is 1. The third-order valence-electron chi connectivity index (χ3n) is 4.25. The summed E-state index contributed by atoms with van der Waals surface area (Å²) in [5, 5.41) is 2.62. The monoisotopic (exact) mass is 484 g/mol. The van der Waals surface area contributed by atoms with Gasteiger partial charge in [0.1, 0.15) is 0 Å². The lowest BCUT2D eigenvalue weighted by atomic mass is 10.00. The summed E-state index contributed by atoms with van der Waals surface area (Å²) in [7, 11) is 0. The molecule has 1 heterocycles. The van der Waals surface area contributed by atoms with Gasteiger partial charge in [0.25, 0.3) is 5.91 Å². The number of piperidine rings is 1. The molecule has 1 aliphatic heterocycles. The number of nitrogens with zero attached hydrogens (tertiary/aromatic N) is 2. The van der Waals surface area contributed by atoms with Gasteiger partial charge in [-0.25, -0.2) is 0 Å². The zero-order chi connectivity index (χ0) is 18.4. The number of carbonyl (C=O) groups is 1. The number of halogens is 4. The van der Waals surface area contributed by atoms with E-state index in [1.165, 1.54) is 0 Å². The minimum atomic E-state index is -4.41. The highest BCUT2D eigenvalue weighted by atomic mass is 127. The van der Waals surface area contributed by atoms with E-state index in [0.717, 1.165) is 50.2 Å². The van der Waals surface area contributed by atoms with E-state index in [0.29, 0.717) is 18.4 Å². The fourth-order valence-electron chi connectivity index (χ4n) is 2.59. The van der Waals surface area contributed by atoms with Gasteiger partial charge in [0.2, 0.25) is 0 Å². The van der Waals surface area contributed by atoms with Crippen LogP contribution in [0.15, 0.2) is 29.3 Å². The standard InChI is InChI=1S/C17H23F3N4O.HI/c1-12-6-10-24(11-7-12)16(21)23-9-8-22-15(25)13-2-4-14(5-3-13)17(18,19)20;/h2-5,12H,6-11H2,1H3,(H2,21,23)(H,22,25);1H. The predicted octanol–water partition coefficient (Wildman–Crippen LogP) is 3.10. The molecule has 1 aromatic carbocycles. The molecule has 26 heavy (non-hydrogen) atoms. The van der Waals surface area contributed by atoms with Crippen molar-refractivity contribution in [3.05, 3.63) is 35.4 Å². The Hall–Kier alpha value is -1.52. The normalized spacial score (nSPS) is 16.2. The van der Waals surface area contributed by atoms with Gasteiger partial charge in [-0.05, 0) is 43.0 Å². The summed E-state index contributed by atoms with van der Waals surface area (Å²) in [6.45, 7) is 4.57. The average molecular weight is 484 g/mol. The molecule has 1 amide bonds. The number of carbonyl (C=O) groups excluding carboxylic acids is 1. The molecule has 9 heteroatoms. The number of hydrogen-bond donors (Lipinski definition) is 2. The van der Waals surface area contributed by atoms with Gasteiger partial charge in [-0.1, -0.05) is 6.92 Å². The van der Waals surface area contributed by atoms with Crippen LogP contribution in [0.2, 0.25) is 0 Å². The summed E-state index contributed by atoms with van der Waals surface area (Å²) >= 11 is 0. The summed E-state index contributed by atoms with van der Waals surface area (Å²) in [6.07, 6.45) is -2.24. The van der Waals surface area contributed by atoms with Crippen molar-refractivity contribution in [1.82, 2.24) is 10.2 Å². The van der Waals surface area contributed by atoms with E-state index in [2.05, 4.69) is 17.2 Å². The molecule has 3 N–H and O–H groups in total. The zero-order valence-corrected chi connectivity index (χ0v) is 16.9. The molecule has 5 nitrogen and oxygen atoms in total. The van der Waals surface area contributed by atoms with E-state index < -0.39 is 17.6 Å². The molecular formula is C17H24F3IN4O. The number of aliphatic imine (C=N–C) groups is 1. The van der Waals surface area contributed by atoms with Gasteiger partial charge in [-0.3, -0.25) is 9.79 Å². The Morgan fingerprint density at radius 2 is 1.85 bits per heavy atom. The highest BCUT2D eigenvalue weighted by molar-refractivity contribution is 14.0. The highest BCUT2D eigenvalue weighted by Crippen LogP contribution is 2.29. The van der Waals surface area contributed by atoms with Gasteiger partial charge >= 0.3 is 6.18 Å². The third-order valence-corrected chi connectivity index (χ3v) is 4.25. The number of guanidine groups is 1. The van der Waals surface area contributed by atoms with Crippen LogP contribution in [0.5, 0.6) is 0 Å². The first-order valence-electron chi connectivity index (χ1n) is 8.27. The first-order chi connectivity index (χ1) is 11.8. The first kappa shape index (κ1) is 22.5. The quantitative estimate of drug-likeness (QED) is 0.299. The zero-order valence-electron chi connectivity index (χ0n) is 14.6. The molecule has 0 aromatic heterocycles. The molecule has 146 valence electrons. The number of likely N-dealkylation sites (tertiary alicyclic amines) is 1. The number of nitrogens with two attached hydrogens (primary N) is 1. The van der Waals surface area contributed by atoms with Crippen LogP contribution in [0.25, 0.3) is 0 Å². The fourth-order valence-corrected chi connectivity index (χ4v) is 2.59. The van der Waals surface area contributed by atoms with Crippen molar-refractivity contribution in [3.8, 4) is 0 Å². The predicted molar refractivity (Wildman–Crippen MR) is 106 cm³/mol. The molecule has 0 bridgehead atoms. The van der Waals surface area contributed by atoms with Gasteiger partial charge in [-0.15, -0.1) is 24.0 Å². The topological polar surface area (TPSA) is 70.7 Å². The van der Waals surface area contributed by atoms with Gasteiger partial charge in [0.15, 0.2) is 5.96 Å². The Kier molecular flexibility index (Phi) is 8.65. The maximum atomic E-state index is 12.5. The highest BCUT2D eigenvalue weighted by Gasteiger charge is 2.30. The molecule has 0 atom stereocenters. The third kappa shape index (κ3) is 6.65. The van der Waals surface area contributed by atoms with Crippen LogP contribution in [-0.2, 0) is 6.18 Å². The summed E-state index contributed by atoms with van der Waals surface area (Å²) in [5.41, 5.74) is 5.33. The number of benzene rings is 1.